The second kappa shape index (κ2) is 6.49. The Morgan fingerprint density at radius 1 is 1.05 bits per heavy atom. The first kappa shape index (κ1) is 14.4. The van der Waals surface area contributed by atoms with Crippen LogP contribution in [0, 0.1) is 5.82 Å². The zero-order valence-corrected chi connectivity index (χ0v) is 12.2. The average Bonchev–Trinajstić information content (AvgIpc) is 2.98. The van der Waals surface area contributed by atoms with Crippen LogP contribution in [0.1, 0.15) is 5.82 Å². The maximum absolute atomic E-state index is 13.1. The van der Waals surface area contributed by atoms with E-state index in [0.29, 0.717) is 18.9 Å². The van der Waals surface area contributed by atoms with Gasteiger partial charge in [0.25, 0.3) is 0 Å². The lowest BCUT2D eigenvalue weighted by molar-refractivity contribution is 0.200. The molecule has 0 aliphatic carbocycles. The highest BCUT2D eigenvalue weighted by Crippen LogP contribution is 2.18. The molecule has 3 aromatic rings. The van der Waals surface area contributed by atoms with E-state index in [1.54, 1.807) is 23.9 Å². The van der Waals surface area contributed by atoms with Crippen molar-refractivity contribution in [2.75, 3.05) is 13.7 Å². The second-order valence-corrected chi connectivity index (χ2v) is 4.85. The normalized spacial score (nSPS) is 10.8. The number of rotatable bonds is 5. The molecule has 1 aromatic heterocycles. The fraction of sp³-hybridized carbons (Fsp3) is 0.176. The Balaban J connectivity index is 2.03. The van der Waals surface area contributed by atoms with Gasteiger partial charge in [-0.25, -0.2) is 14.1 Å². The Morgan fingerprint density at radius 2 is 1.77 bits per heavy atom. The number of nitrogens with zero attached hydrogens (tertiary/aromatic N) is 3. The van der Waals surface area contributed by atoms with Gasteiger partial charge in [0.2, 0.25) is 0 Å². The molecule has 0 aliphatic heterocycles. The van der Waals surface area contributed by atoms with Crippen LogP contribution in [0.5, 0.6) is 0 Å². The zero-order chi connectivity index (χ0) is 15.4. The van der Waals surface area contributed by atoms with E-state index in [9.17, 15) is 4.39 Å². The third-order valence-corrected chi connectivity index (χ3v) is 3.31. The summed E-state index contributed by atoms with van der Waals surface area (Å²) < 4.78 is 20.0. The van der Waals surface area contributed by atoms with Gasteiger partial charge in [-0.3, -0.25) is 0 Å². The van der Waals surface area contributed by atoms with E-state index in [0.717, 1.165) is 17.1 Å². The molecule has 3 rings (SSSR count). The lowest BCUT2D eigenvalue weighted by Crippen LogP contribution is -2.06. The molecule has 0 unspecified atom stereocenters. The third-order valence-electron chi connectivity index (χ3n) is 3.31. The molecule has 112 valence electrons. The van der Waals surface area contributed by atoms with Gasteiger partial charge in [0.1, 0.15) is 11.6 Å². The molecule has 0 saturated heterocycles. The summed E-state index contributed by atoms with van der Waals surface area (Å²) in [6.07, 6.45) is 0.633. The smallest absolute Gasteiger partial charge is 0.181 e. The topological polar surface area (TPSA) is 39.9 Å². The number of hydrogen-bond acceptors (Lipinski definition) is 3. The number of aromatic nitrogens is 3. The van der Waals surface area contributed by atoms with Crippen molar-refractivity contribution in [1.29, 1.82) is 0 Å². The molecule has 0 saturated carbocycles. The van der Waals surface area contributed by atoms with Gasteiger partial charge in [-0.05, 0) is 24.3 Å². The molecule has 5 heteroatoms. The highest BCUT2D eigenvalue weighted by Gasteiger charge is 2.12. The van der Waals surface area contributed by atoms with Crippen molar-refractivity contribution >= 4 is 0 Å². The largest absolute Gasteiger partial charge is 0.384 e. The first-order valence-corrected chi connectivity index (χ1v) is 7.04. The van der Waals surface area contributed by atoms with E-state index >= 15 is 0 Å². The third kappa shape index (κ3) is 3.04. The molecule has 0 fully saturated rings. The fourth-order valence-corrected chi connectivity index (χ4v) is 2.20. The Labute approximate surface area is 128 Å². The molecular formula is C17H16FN3O. The van der Waals surface area contributed by atoms with Crippen LogP contribution in [0.2, 0.25) is 0 Å². The van der Waals surface area contributed by atoms with Gasteiger partial charge in [-0.1, -0.05) is 30.3 Å². The Morgan fingerprint density at radius 3 is 2.45 bits per heavy atom. The predicted octanol–water partition coefficient (Wildman–Crippen LogP) is 3.26. The monoisotopic (exact) mass is 297 g/mol. The minimum Gasteiger partial charge on any atom is -0.384 e. The summed E-state index contributed by atoms with van der Waals surface area (Å²) in [6.45, 7) is 0.550. The second-order valence-electron chi connectivity index (χ2n) is 4.85. The Kier molecular flexibility index (Phi) is 4.25. The van der Waals surface area contributed by atoms with Crippen LogP contribution in [0.15, 0.2) is 54.6 Å². The van der Waals surface area contributed by atoms with Crippen LogP contribution in [-0.4, -0.2) is 28.5 Å². The van der Waals surface area contributed by atoms with Gasteiger partial charge in [0.05, 0.1) is 12.3 Å². The molecule has 0 atom stereocenters. The number of halogens is 1. The lowest BCUT2D eigenvalue weighted by Gasteiger charge is -2.05. The minimum absolute atomic E-state index is 0.273. The molecule has 2 aromatic carbocycles. The van der Waals surface area contributed by atoms with Crippen LogP contribution in [0.4, 0.5) is 4.39 Å². The summed E-state index contributed by atoms with van der Waals surface area (Å²) in [7, 11) is 1.65. The van der Waals surface area contributed by atoms with E-state index in [1.807, 2.05) is 30.3 Å². The van der Waals surface area contributed by atoms with Gasteiger partial charge in [0.15, 0.2) is 5.82 Å². The summed E-state index contributed by atoms with van der Waals surface area (Å²) in [5.41, 5.74) is 1.73. The molecular weight excluding hydrogens is 281 g/mol. The number of benzene rings is 2. The maximum atomic E-state index is 13.1. The summed E-state index contributed by atoms with van der Waals surface area (Å²) in [5, 5.41) is 4.56. The summed E-state index contributed by atoms with van der Waals surface area (Å²) in [4.78, 5) is 4.59. The van der Waals surface area contributed by atoms with E-state index in [-0.39, 0.29) is 5.82 Å². The van der Waals surface area contributed by atoms with E-state index in [2.05, 4.69) is 10.1 Å². The summed E-state index contributed by atoms with van der Waals surface area (Å²) in [5.74, 6) is 1.16. The fourth-order valence-electron chi connectivity index (χ4n) is 2.20. The molecule has 0 amide bonds. The van der Waals surface area contributed by atoms with Crippen molar-refractivity contribution in [3.05, 3.63) is 66.2 Å². The Hall–Kier alpha value is -2.53. The standard InChI is InChI=1S/C17H16FN3O/c1-22-12-11-16-19-17(13-5-3-2-4-6-13)20-21(16)15-9-7-14(18)8-10-15/h2-10H,11-12H2,1H3. The Bertz CT molecular complexity index is 738. The number of methoxy groups -OCH3 is 1. The molecule has 4 nitrogen and oxygen atoms in total. The SMILES string of the molecule is COCCc1nc(-c2ccccc2)nn1-c1ccc(F)cc1. The van der Waals surface area contributed by atoms with E-state index < -0.39 is 0 Å². The molecule has 0 radical (unpaired) electrons. The van der Waals surface area contributed by atoms with E-state index in [4.69, 9.17) is 4.74 Å². The van der Waals surface area contributed by atoms with Crippen molar-refractivity contribution in [3.8, 4) is 17.1 Å². The average molecular weight is 297 g/mol. The quantitative estimate of drug-likeness (QED) is 0.725. The van der Waals surface area contributed by atoms with Gasteiger partial charge in [-0.2, -0.15) is 0 Å². The van der Waals surface area contributed by atoms with Crippen LogP contribution < -0.4 is 0 Å². The van der Waals surface area contributed by atoms with E-state index in [1.165, 1.54) is 12.1 Å². The maximum Gasteiger partial charge on any atom is 0.181 e. The predicted molar refractivity (Wildman–Crippen MR) is 82.3 cm³/mol. The van der Waals surface area contributed by atoms with Crippen molar-refractivity contribution < 1.29 is 9.13 Å². The van der Waals surface area contributed by atoms with Crippen LogP contribution in [0.3, 0.4) is 0 Å². The van der Waals surface area contributed by atoms with Crippen molar-refractivity contribution in [3.63, 3.8) is 0 Å². The zero-order valence-electron chi connectivity index (χ0n) is 12.2. The van der Waals surface area contributed by atoms with Gasteiger partial charge < -0.3 is 4.74 Å². The molecule has 0 bridgehead atoms. The lowest BCUT2D eigenvalue weighted by atomic mass is 10.2. The summed E-state index contributed by atoms with van der Waals surface area (Å²) >= 11 is 0. The number of hydrogen-bond donors (Lipinski definition) is 0. The highest BCUT2D eigenvalue weighted by molar-refractivity contribution is 5.54. The van der Waals surface area contributed by atoms with Gasteiger partial charge in [0, 0.05) is 19.1 Å². The highest BCUT2D eigenvalue weighted by atomic mass is 19.1. The first-order valence-electron chi connectivity index (χ1n) is 7.04. The van der Waals surface area contributed by atoms with Gasteiger partial charge >= 0.3 is 0 Å². The van der Waals surface area contributed by atoms with Crippen molar-refractivity contribution in [2.24, 2.45) is 0 Å². The molecule has 22 heavy (non-hydrogen) atoms. The minimum atomic E-state index is -0.273. The van der Waals surface area contributed by atoms with Gasteiger partial charge in [-0.15, -0.1) is 5.10 Å². The summed E-state index contributed by atoms with van der Waals surface area (Å²) in [6, 6.07) is 16.0. The van der Waals surface area contributed by atoms with Crippen molar-refractivity contribution in [2.45, 2.75) is 6.42 Å². The first-order chi connectivity index (χ1) is 10.8. The van der Waals surface area contributed by atoms with Crippen LogP contribution >= 0.6 is 0 Å². The molecule has 0 aliphatic rings. The van der Waals surface area contributed by atoms with Crippen molar-refractivity contribution in [1.82, 2.24) is 14.8 Å². The molecule has 0 N–H and O–H groups in total. The van der Waals surface area contributed by atoms with Crippen LogP contribution in [0.25, 0.3) is 17.1 Å². The number of ether oxygens (including phenoxy) is 1. The molecule has 1 heterocycles. The van der Waals surface area contributed by atoms with Crippen LogP contribution in [-0.2, 0) is 11.2 Å². The molecule has 0 spiro atoms.